The predicted octanol–water partition coefficient (Wildman–Crippen LogP) is 2.34. The van der Waals surface area contributed by atoms with E-state index in [0.29, 0.717) is 31.7 Å². The summed E-state index contributed by atoms with van der Waals surface area (Å²) in [5.41, 5.74) is 0.732. The van der Waals surface area contributed by atoms with Gasteiger partial charge in [0.25, 0.3) is 6.43 Å². The summed E-state index contributed by atoms with van der Waals surface area (Å²) in [5, 5.41) is 11.7. The second-order valence-electron chi connectivity index (χ2n) is 5.61. The zero-order valence-corrected chi connectivity index (χ0v) is 13.1. The van der Waals surface area contributed by atoms with Crippen LogP contribution in [0.3, 0.4) is 0 Å². The normalized spacial score (nSPS) is 15.4. The average molecular weight is 342 g/mol. The van der Waals surface area contributed by atoms with Crippen LogP contribution >= 0.6 is 0 Å². The fraction of sp³-hybridized carbons (Fsp3) is 0.500. The number of carbonyl (C=O) groups excluding carboxylic acids is 1. The highest BCUT2D eigenvalue weighted by molar-refractivity contribution is 5.75. The Labute approximate surface area is 138 Å². The highest BCUT2D eigenvalue weighted by Gasteiger charge is 2.26. The number of alkyl halides is 2. The number of urea groups is 1. The van der Waals surface area contributed by atoms with Crippen molar-refractivity contribution in [3.8, 4) is 5.75 Å². The lowest BCUT2D eigenvalue weighted by atomic mass is 9.97. The Kier molecular flexibility index (Phi) is 6.34. The number of benzene rings is 1. The largest absolute Gasteiger partial charge is 0.488 e. The third-order valence-corrected chi connectivity index (χ3v) is 3.85. The number of likely N-dealkylation sites (tertiary alicyclic amines) is 1. The smallest absolute Gasteiger partial charge is 0.317 e. The number of carboxylic acids is 1. The van der Waals surface area contributed by atoms with Gasteiger partial charge in [0, 0.05) is 19.6 Å². The van der Waals surface area contributed by atoms with Gasteiger partial charge in [-0.2, -0.15) is 0 Å². The monoisotopic (exact) mass is 342 g/mol. The number of amides is 2. The number of piperidine rings is 1. The molecule has 0 radical (unpaired) electrons. The van der Waals surface area contributed by atoms with Gasteiger partial charge in [0.15, 0.2) is 0 Å². The van der Waals surface area contributed by atoms with Crippen LogP contribution in [0.2, 0.25) is 0 Å². The fourth-order valence-corrected chi connectivity index (χ4v) is 2.52. The molecule has 0 spiro atoms. The summed E-state index contributed by atoms with van der Waals surface area (Å²) in [6.07, 6.45) is -1.65. The molecule has 2 N–H and O–H groups in total. The van der Waals surface area contributed by atoms with Crippen LogP contribution in [0.25, 0.3) is 0 Å². The van der Waals surface area contributed by atoms with E-state index in [4.69, 9.17) is 9.84 Å². The summed E-state index contributed by atoms with van der Waals surface area (Å²) in [6.45, 7) is 0.374. The molecule has 24 heavy (non-hydrogen) atoms. The Bertz CT molecular complexity index is 575. The van der Waals surface area contributed by atoms with Crippen molar-refractivity contribution < 1.29 is 28.2 Å². The lowest BCUT2D eigenvalue weighted by molar-refractivity contribution is -0.143. The van der Waals surface area contributed by atoms with Gasteiger partial charge in [0.1, 0.15) is 12.4 Å². The molecule has 1 aliphatic rings. The van der Waals surface area contributed by atoms with Crippen LogP contribution < -0.4 is 10.1 Å². The van der Waals surface area contributed by atoms with Crippen LogP contribution in [0.15, 0.2) is 24.3 Å². The number of nitrogens with one attached hydrogen (secondary N) is 1. The number of aliphatic carboxylic acids is 1. The molecule has 2 amide bonds. The fourth-order valence-electron chi connectivity index (χ4n) is 2.52. The van der Waals surface area contributed by atoms with Crippen molar-refractivity contribution in [3.63, 3.8) is 0 Å². The first kappa shape index (κ1) is 18.0. The predicted molar refractivity (Wildman–Crippen MR) is 82.1 cm³/mol. The summed E-state index contributed by atoms with van der Waals surface area (Å²) in [7, 11) is 0. The van der Waals surface area contributed by atoms with E-state index in [2.05, 4.69) is 5.32 Å². The Balaban J connectivity index is 1.79. The number of carboxylic acid groups (broad SMARTS) is 1. The topological polar surface area (TPSA) is 78.9 Å². The molecular formula is C16H20F2N2O4. The Morgan fingerprint density at radius 3 is 2.67 bits per heavy atom. The summed E-state index contributed by atoms with van der Waals surface area (Å²) in [4.78, 5) is 24.6. The molecule has 132 valence electrons. The van der Waals surface area contributed by atoms with Gasteiger partial charge in [-0.3, -0.25) is 4.79 Å². The van der Waals surface area contributed by atoms with Crippen molar-refractivity contribution in [2.75, 3.05) is 19.7 Å². The van der Waals surface area contributed by atoms with E-state index in [1.807, 2.05) is 0 Å². The van der Waals surface area contributed by atoms with E-state index in [1.54, 1.807) is 29.2 Å². The van der Waals surface area contributed by atoms with Crippen molar-refractivity contribution in [2.24, 2.45) is 5.92 Å². The Morgan fingerprint density at radius 1 is 1.33 bits per heavy atom. The van der Waals surface area contributed by atoms with Gasteiger partial charge in [-0.1, -0.05) is 12.1 Å². The maximum Gasteiger partial charge on any atom is 0.317 e. The third kappa shape index (κ3) is 5.36. The number of hydrogen-bond acceptors (Lipinski definition) is 3. The maximum atomic E-state index is 12.1. The average Bonchev–Trinajstić information content (AvgIpc) is 2.58. The Morgan fingerprint density at radius 2 is 2.04 bits per heavy atom. The zero-order valence-electron chi connectivity index (χ0n) is 13.1. The number of rotatable bonds is 6. The van der Waals surface area contributed by atoms with Crippen molar-refractivity contribution in [1.82, 2.24) is 10.2 Å². The molecule has 1 aliphatic heterocycles. The van der Waals surface area contributed by atoms with Gasteiger partial charge in [-0.15, -0.1) is 0 Å². The van der Waals surface area contributed by atoms with Crippen LogP contribution in [0, 0.1) is 5.92 Å². The third-order valence-electron chi connectivity index (χ3n) is 3.85. The van der Waals surface area contributed by atoms with Crippen LogP contribution in [0.4, 0.5) is 13.6 Å². The summed E-state index contributed by atoms with van der Waals surface area (Å²) in [6, 6.07) is 6.33. The molecule has 0 bridgehead atoms. The second kappa shape index (κ2) is 8.47. The van der Waals surface area contributed by atoms with Crippen LogP contribution in [0.1, 0.15) is 18.4 Å². The van der Waals surface area contributed by atoms with Crippen LogP contribution in [-0.4, -0.2) is 48.1 Å². The molecule has 1 aromatic rings. The van der Waals surface area contributed by atoms with E-state index in [-0.39, 0.29) is 12.6 Å². The van der Waals surface area contributed by atoms with E-state index in [0.717, 1.165) is 5.56 Å². The second-order valence-corrected chi connectivity index (χ2v) is 5.61. The molecule has 6 nitrogen and oxygen atoms in total. The standard InChI is InChI=1S/C16H20F2N2O4/c17-14(18)10-24-13-3-1-2-11(8-13)9-19-16(23)20-6-4-12(5-7-20)15(21)22/h1-3,8,12,14H,4-7,9-10H2,(H,19,23)(H,21,22). The number of hydrogen-bond donors (Lipinski definition) is 2. The summed E-state index contributed by atoms with van der Waals surface area (Å²) < 4.78 is 29.2. The molecule has 0 aromatic heterocycles. The molecular weight excluding hydrogens is 322 g/mol. The maximum absolute atomic E-state index is 12.1. The number of carbonyl (C=O) groups is 2. The van der Waals surface area contributed by atoms with Gasteiger partial charge in [0.05, 0.1) is 5.92 Å². The lowest BCUT2D eigenvalue weighted by Crippen LogP contribution is -2.45. The van der Waals surface area contributed by atoms with Gasteiger partial charge in [-0.25, -0.2) is 13.6 Å². The molecule has 1 saturated heterocycles. The van der Waals surface area contributed by atoms with Gasteiger partial charge < -0.3 is 20.1 Å². The molecule has 0 saturated carbocycles. The lowest BCUT2D eigenvalue weighted by Gasteiger charge is -2.30. The molecule has 0 unspecified atom stereocenters. The van der Waals surface area contributed by atoms with E-state index < -0.39 is 24.9 Å². The molecule has 1 aromatic carbocycles. The minimum atomic E-state index is -2.54. The molecule has 2 rings (SSSR count). The number of nitrogens with zero attached hydrogens (tertiary/aromatic N) is 1. The van der Waals surface area contributed by atoms with E-state index >= 15 is 0 Å². The zero-order chi connectivity index (χ0) is 17.5. The summed E-state index contributed by atoms with van der Waals surface area (Å²) in [5.74, 6) is -0.891. The first-order valence-electron chi connectivity index (χ1n) is 7.71. The van der Waals surface area contributed by atoms with Gasteiger partial charge in [-0.05, 0) is 30.5 Å². The van der Waals surface area contributed by atoms with Crippen LogP contribution in [-0.2, 0) is 11.3 Å². The highest BCUT2D eigenvalue weighted by atomic mass is 19.3. The molecule has 1 heterocycles. The SMILES string of the molecule is O=C(O)C1CCN(C(=O)NCc2cccc(OCC(F)F)c2)CC1. The van der Waals surface area contributed by atoms with Crippen molar-refractivity contribution in [3.05, 3.63) is 29.8 Å². The number of ether oxygens (including phenoxy) is 1. The van der Waals surface area contributed by atoms with Gasteiger partial charge in [0.2, 0.25) is 0 Å². The Hall–Kier alpha value is -2.38. The van der Waals surface area contributed by atoms with Crippen molar-refractivity contribution in [2.45, 2.75) is 25.8 Å². The van der Waals surface area contributed by atoms with Crippen molar-refractivity contribution in [1.29, 1.82) is 0 Å². The van der Waals surface area contributed by atoms with E-state index in [9.17, 15) is 18.4 Å². The first-order valence-corrected chi connectivity index (χ1v) is 7.71. The number of halogens is 2. The van der Waals surface area contributed by atoms with Crippen molar-refractivity contribution >= 4 is 12.0 Å². The molecule has 0 aliphatic carbocycles. The van der Waals surface area contributed by atoms with Crippen LogP contribution in [0.5, 0.6) is 5.75 Å². The molecule has 8 heteroatoms. The minimum absolute atomic E-state index is 0.240. The first-order chi connectivity index (χ1) is 11.5. The van der Waals surface area contributed by atoms with Gasteiger partial charge >= 0.3 is 12.0 Å². The molecule has 1 fully saturated rings. The quantitative estimate of drug-likeness (QED) is 0.832. The highest BCUT2D eigenvalue weighted by Crippen LogP contribution is 2.18. The van der Waals surface area contributed by atoms with E-state index in [1.165, 1.54) is 0 Å². The molecule has 0 atom stereocenters. The minimum Gasteiger partial charge on any atom is -0.488 e. The summed E-state index contributed by atoms with van der Waals surface area (Å²) >= 11 is 0.